The van der Waals surface area contributed by atoms with Crippen molar-refractivity contribution in [3.8, 4) is 0 Å². The summed E-state index contributed by atoms with van der Waals surface area (Å²) in [5.74, 6) is 0. The number of benzene rings is 1. The van der Waals surface area contributed by atoms with Gasteiger partial charge in [-0.05, 0) is 6.07 Å². The maximum atomic E-state index is 10.5. The SMILES string of the molecule is C=C=CSc1ccccc1[N+](=O)[O-]. The molecule has 0 amide bonds. The van der Waals surface area contributed by atoms with Crippen molar-refractivity contribution in [2.24, 2.45) is 0 Å². The molecule has 1 aromatic rings. The normalized spacial score (nSPS) is 8.92. The zero-order valence-electron chi connectivity index (χ0n) is 6.77. The zero-order chi connectivity index (χ0) is 9.68. The van der Waals surface area contributed by atoms with Crippen LogP contribution >= 0.6 is 11.8 Å². The molecule has 3 nitrogen and oxygen atoms in total. The Kier molecular flexibility index (Phi) is 3.31. The lowest BCUT2D eigenvalue weighted by Crippen LogP contribution is -1.88. The molecule has 0 fully saturated rings. The van der Waals surface area contributed by atoms with Crippen molar-refractivity contribution in [3.05, 3.63) is 52.1 Å². The standard InChI is InChI=1S/C9H7NO2S/c1-2-7-13-9-6-4-3-5-8(9)10(11)12/h3-7H,1H2. The molecule has 0 aromatic heterocycles. The molecular formula is C9H7NO2S. The highest BCUT2D eigenvalue weighted by Gasteiger charge is 2.10. The highest BCUT2D eigenvalue weighted by Crippen LogP contribution is 2.28. The van der Waals surface area contributed by atoms with Gasteiger partial charge in [-0.15, -0.1) is 5.73 Å². The Bertz CT molecular complexity index is 370. The topological polar surface area (TPSA) is 43.1 Å². The molecule has 0 aliphatic carbocycles. The number of rotatable bonds is 3. The Labute approximate surface area is 79.9 Å². The third kappa shape index (κ3) is 2.47. The molecule has 13 heavy (non-hydrogen) atoms. The molecule has 0 spiro atoms. The minimum Gasteiger partial charge on any atom is -0.258 e. The Morgan fingerprint density at radius 3 is 2.85 bits per heavy atom. The third-order valence-electron chi connectivity index (χ3n) is 1.33. The van der Waals surface area contributed by atoms with Gasteiger partial charge >= 0.3 is 0 Å². The van der Waals surface area contributed by atoms with Gasteiger partial charge in [0.25, 0.3) is 5.69 Å². The Hall–Kier alpha value is -1.51. The van der Waals surface area contributed by atoms with E-state index in [2.05, 4.69) is 12.3 Å². The van der Waals surface area contributed by atoms with E-state index in [-0.39, 0.29) is 5.69 Å². The van der Waals surface area contributed by atoms with Crippen molar-refractivity contribution in [2.45, 2.75) is 4.90 Å². The van der Waals surface area contributed by atoms with Crippen molar-refractivity contribution in [1.29, 1.82) is 0 Å². The number of hydrogen-bond acceptors (Lipinski definition) is 3. The van der Waals surface area contributed by atoms with E-state index in [1.807, 2.05) is 0 Å². The molecule has 0 atom stereocenters. The van der Waals surface area contributed by atoms with Crippen LogP contribution in [-0.2, 0) is 0 Å². The Morgan fingerprint density at radius 2 is 2.23 bits per heavy atom. The lowest BCUT2D eigenvalue weighted by molar-refractivity contribution is -0.387. The lowest BCUT2D eigenvalue weighted by atomic mass is 10.3. The number of thioether (sulfide) groups is 1. The molecule has 0 saturated carbocycles. The molecule has 0 radical (unpaired) electrons. The molecule has 66 valence electrons. The summed E-state index contributed by atoms with van der Waals surface area (Å²) in [6, 6.07) is 6.56. The van der Waals surface area contributed by atoms with E-state index in [9.17, 15) is 10.1 Å². The van der Waals surface area contributed by atoms with Crippen molar-refractivity contribution in [1.82, 2.24) is 0 Å². The van der Waals surface area contributed by atoms with Gasteiger partial charge in [0.2, 0.25) is 0 Å². The maximum absolute atomic E-state index is 10.5. The fraction of sp³-hybridized carbons (Fsp3) is 0. The Morgan fingerprint density at radius 1 is 1.54 bits per heavy atom. The molecule has 0 N–H and O–H groups in total. The summed E-state index contributed by atoms with van der Waals surface area (Å²) in [5, 5.41) is 12.1. The quantitative estimate of drug-likeness (QED) is 0.321. The van der Waals surface area contributed by atoms with E-state index >= 15 is 0 Å². The molecule has 0 aliphatic heterocycles. The number of nitro benzene ring substituents is 1. The highest BCUT2D eigenvalue weighted by molar-refractivity contribution is 8.02. The number of nitrogens with zero attached hydrogens (tertiary/aromatic N) is 1. The van der Waals surface area contributed by atoms with Gasteiger partial charge in [-0.25, -0.2) is 0 Å². The largest absolute Gasteiger partial charge is 0.283 e. The van der Waals surface area contributed by atoms with Crippen LogP contribution in [0.15, 0.2) is 46.9 Å². The minimum absolute atomic E-state index is 0.110. The van der Waals surface area contributed by atoms with Gasteiger partial charge < -0.3 is 0 Å². The smallest absolute Gasteiger partial charge is 0.258 e. The van der Waals surface area contributed by atoms with Gasteiger partial charge in [-0.1, -0.05) is 30.5 Å². The monoisotopic (exact) mass is 193 g/mol. The molecule has 0 aliphatic rings. The van der Waals surface area contributed by atoms with E-state index in [0.717, 1.165) is 0 Å². The van der Waals surface area contributed by atoms with Gasteiger partial charge in [0, 0.05) is 11.5 Å². The first-order chi connectivity index (χ1) is 6.25. The summed E-state index contributed by atoms with van der Waals surface area (Å²) in [6.07, 6.45) is 0. The third-order valence-corrected chi connectivity index (χ3v) is 2.21. The van der Waals surface area contributed by atoms with Crippen LogP contribution in [0.2, 0.25) is 0 Å². The molecule has 0 heterocycles. The summed E-state index contributed by atoms with van der Waals surface area (Å²) in [4.78, 5) is 10.7. The van der Waals surface area contributed by atoms with Crippen LogP contribution in [0.4, 0.5) is 5.69 Å². The minimum atomic E-state index is -0.404. The first-order valence-corrected chi connectivity index (χ1v) is 4.38. The maximum Gasteiger partial charge on any atom is 0.283 e. The fourth-order valence-electron chi connectivity index (χ4n) is 0.813. The summed E-state index contributed by atoms with van der Waals surface area (Å²) in [6.45, 7) is 3.38. The van der Waals surface area contributed by atoms with Crippen LogP contribution in [-0.4, -0.2) is 4.92 Å². The van der Waals surface area contributed by atoms with Gasteiger partial charge in [-0.2, -0.15) is 0 Å². The van der Waals surface area contributed by atoms with Crippen LogP contribution < -0.4 is 0 Å². The number of nitro groups is 1. The van der Waals surface area contributed by atoms with Crippen LogP contribution in [0.25, 0.3) is 0 Å². The molecule has 0 saturated heterocycles. The summed E-state index contributed by atoms with van der Waals surface area (Å²) in [7, 11) is 0. The highest BCUT2D eigenvalue weighted by atomic mass is 32.2. The predicted molar refractivity (Wildman–Crippen MR) is 52.7 cm³/mol. The number of hydrogen-bond donors (Lipinski definition) is 0. The first-order valence-electron chi connectivity index (χ1n) is 3.50. The van der Waals surface area contributed by atoms with Gasteiger partial charge in [-0.3, -0.25) is 10.1 Å². The second kappa shape index (κ2) is 4.50. The van der Waals surface area contributed by atoms with E-state index in [0.29, 0.717) is 4.90 Å². The first kappa shape index (κ1) is 9.58. The molecule has 0 unspecified atom stereocenters. The second-order valence-corrected chi connectivity index (χ2v) is 3.08. The van der Waals surface area contributed by atoms with Crippen LogP contribution in [0, 0.1) is 10.1 Å². The van der Waals surface area contributed by atoms with E-state index in [1.165, 1.54) is 17.8 Å². The fourth-order valence-corrected chi connectivity index (χ4v) is 1.44. The summed E-state index contributed by atoms with van der Waals surface area (Å²) in [5.41, 5.74) is 2.66. The molecule has 0 bridgehead atoms. The van der Waals surface area contributed by atoms with Crippen molar-refractivity contribution >= 4 is 17.4 Å². The van der Waals surface area contributed by atoms with Crippen molar-refractivity contribution in [3.63, 3.8) is 0 Å². The van der Waals surface area contributed by atoms with Crippen molar-refractivity contribution in [2.75, 3.05) is 0 Å². The summed E-state index contributed by atoms with van der Waals surface area (Å²) < 4.78 is 0. The zero-order valence-corrected chi connectivity index (χ0v) is 7.58. The lowest BCUT2D eigenvalue weighted by Gasteiger charge is -1.96. The van der Waals surface area contributed by atoms with Gasteiger partial charge in [0.05, 0.1) is 9.82 Å². The predicted octanol–water partition coefficient (Wildman–Crippen LogP) is 2.99. The van der Waals surface area contributed by atoms with Gasteiger partial charge in [0.15, 0.2) is 0 Å². The molecule has 1 aromatic carbocycles. The number of para-hydroxylation sites is 1. The van der Waals surface area contributed by atoms with Crippen LogP contribution in [0.3, 0.4) is 0 Å². The van der Waals surface area contributed by atoms with Gasteiger partial charge in [0.1, 0.15) is 0 Å². The average molecular weight is 193 g/mol. The molecule has 4 heteroatoms. The van der Waals surface area contributed by atoms with E-state index in [1.54, 1.807) is 23.6 Å². The average Bonchev–Trinajstić information content (AvgIpc) is 2.15. The van der Waals surface area contributed by atoms with Crippen molar-refractivity contribution < 1.29 is 4.92 Å². The van der Waals surface area contributed by atoms with E-state index < -0.39 is 4.92 Å². The molecule has 1 rings (SSSR count). The van der Waals surface area contributed by atoms with Crippen LogP contribution in [0.1, 0.15) is 0 Å². The molecular weight excluding hydrogens is 186 g/mol. The Balaban J connectivity index is 3.04. The van der Waals surface area contributed by atoms with Crippen LogP contribution in [0.5, 0.6) is 0 Å². The summed E-state index contributed by atoms with van der Waals surface area (Å²) >= 11 is 1.24. The van der Waals surface area contributed by atoms with E-state index in [4.69, 9.17) is 0 Å². The second-order valence-electron chi connectivity index (χ2n) is 2.16.